The minimum atomic E-state index is -0.119. The van der Waals surface area contributed by atoms with Crippen molar-refractivity contribution < 1.29 is 4.74 Å². The minimum Gasteiger partial charge on any atom is -0.497 e. The Hall–Kier alpha value is -2.66. The third kappa shape index (κ3) is 2.59. The molecule has 1 heterocycles. The quantitative estimate of drug-likeness (QED) is 0.642. The van der Waals surface area contributed by atoms with Gasteiger partial charge in [-0.15, -0.1) is 6.42 Å². The van der Waals surface area contributed by atoms with Gasteiger partial charge in [0.25, 0.3) is 0 Å². The van der Waals surface area contributed by atoms with E-state index in [0.29, 0.717) is 6.54 Å². The highest BCUT2D eigenvalue weighted by atomic mass is 16.5. The number of terminal acetylenes is 1. The fraction of sp³-hybridized carbons (Fsp3) is 0.238. The van der Waals surface area contributed by atoms with Gasteiger partial charge in [0.1, 0.15) is 5.75 Å². The van der Waals surface area contributed by atoms with E-state index in [1.165, 1.54) is 22.0 Å². The Balaban J connectivity index is 2.15. The van der Waals surface area contributed by atoms with Crippen LogP contribution in [0.2, 0.25) is 0 Å². The van der Waals surface area contributed by atoms with Crippen LogP contribution in [0.15, 0.2) is 54.7 Å². The third-order valence-corrected chi connectivity index (χ3v) is 4.54. The number of hydrogen-bond acceptors (Lipinski definition) is 1. The summed E-state index contributed by atoms with van der Waals surface area (Å²) in [5.41, 5.74) is 3.60. The molecule has 0 spiro atoms. The number of methoxy groups -OCH3 is 1. The minimum absolute atomic E-state index is 0.119. The van der Waals surface area contributed by atoms with Crippen LogP contribution in [0.25, 0.3) is 10.9 Å². The predicted octanol–water partition coefficient (Wildman–Crippen LogP) is 4.61. The van der Waals surface area contributed by atoms with E-state index in [1.54, 1.807) is 7.11 Å². The molecule has 23 heavy (non-hydrogen) atoms. The van der Waals surface area contributed by atoms with Gasteiger partial charge in [0, 0.05) is 22.5 Å². The van der Waals surface area contributed by atoms with Gasteiger partial charge in [-0.1, -0.05) is 50.1 Å². The second kappa shape index (κ2) is 5.85. The number of nitrogens with zero attached hydrogens (tertiary/aromatic N) is 1. The maximum Gasteiger partial charge on any atom is 0.118 e. The summed E-state index contributed by atoms with van der Waals surface area (Å²) < 4.78 is 7.42. The Morgan fingerprint density at radius 3 is 2.43 bits per heavy atom. The molecule has 0 saturated heterocycles. The summed E-state index contributed by atoms with van der Waals surface area (Å²) in [4.78, 5) is 0. The van der Waals surface area contributed by atoms with Crippen molar-refractivity contribution >= 4 is 10.9 Å². The lowest BCUT2D eigenvalue weighted by Crippen LogP contribution is -2.18. The second-order valence-electron chi connectivity index (χ2n) is 6.25. The lowest BCUT2D eigenvalue weighted by molar-refractivity contribution is 0.414. The first kappa shape index (κ1) is 15.2. The predicted molar refractivity (Wildman–Crippen MR) is 95.9 cm³/mol. The summed E-state index contributed by atoms with van der Waals surface area (Å²) >= 11 is 0. The zero-order valence-corrected chi connectivity index (χ0v) is 13.8. The van der Waals surface area contributed by atoms with Crippen LogP contribution >= 0.6 is 0 Å². The lowest BCUT2D eigenvalue weighted by atomic mass is 9.78. The number of ether oxygens (including phenoxy) is 1. The molecule has 1 aromatic heterocycles. The topological polar surface area (TPSA) is 14.2 Å². The van der Waals surface area contributed by atoms with Gasteiger partial charge in [0.15, 0.2) is 0 Å². The first-order valence-electron chi connectivity index (χ1n) is 7.74. The highest BCUT2D eigenvalue weighted by Crippen LogP contribution is 2.37. The van der Waals surface area contributed by atoms with Crippen molar-refractivity contribution in [3.05, 3.63) is 65.9 Å². The first-order valence-corrected chi connectivity index (χ1v) is 7.74. The number of fused-ring (bicyclic) bond motifs is 1. The Kier molecular flexibility index (Phi) is 3.88. The molecule has 0 atom stereocenters. The summed E-state index contributed by atoms with van der Waals surface area (Å²) in [5, 5.41) is 1.25. The summed E-state index contributed by atoms with van der Waals surface area (Å²) in [6.45, 7) is 5.08. The average molecular weight is 303 g/mol. The third-order valence-electron chi connectivity index (χ3n) is 4.54. The zero-order valence-electron chi connectivity index (χ0n) is 13.8. The molecule has 0 amide bonds. The number of para-hydroxylation sites is 1. The van der Waals surface area contributed by atoms with Gasteiger partial charge in [-0.25, -0.2) is 0 Å². The Morgan fingerprint density at radius 2 is 1.78 bits per heavy atom. The number of hydrogen-bond donors (Lipinski definition) is 0. The molecule has 3 aromatic rings. The largest absolute Gasteiger partial charge is 0.497 e. The molecule has 116 valence electrons. The zero-order chi connectivity index (χ0) is 16.4. The molecule has 3 rings (SSSR count). The van der Waals surface area contributed by atoms with Crippen LogP contribution < -0.4 is 4.74 Å². The van der Waals surface area contributed by atoms with E-state index >= 15 is 0 Å². The fourth-order valence-electron chi connectivity index (χ4n) is 3.14. The monoisotopic (exact) mass is 303 g/mol. The van der Waals surface area contributed by atoms with Crippen LogP contribution in [0, 0.1) is 12.3 Å². The van der Waals surface area contributed by atoms with Gasteiger partial charge < -0.3 is 9.30 Å². The van der Waals surface area contributed by atoms with Crippen LogP contribution in [-0.2, 0) is 12.0 Å². The smallest absolute Gasteiger partial charge is 0.118 e. The molecule has 0 radical (unpaired) electrons. The van der Waals surface area contributed by atoms with Crippen LogP contribution in [0.1, 0.15) is 25.0 Å². The fourth-order valence-corrected chi connectivity index (χ4v) is 3.14. The summed E-state index contributed by atoms with van der Waals surface area (Å²) in [5.74, 6) is 3.62. The van der Waals surface area contributed by atoms with Gasteiger partial charge >= 0.3 is 0 Å². The van der Waals surface area contributed by atoms with E-state index < -0.39 is 0 Å². The Bertz CT molecular complexity index is 863. The summed E-state index contributed by atoms with van der Waals surface area (Å²) in [7, 11) is 1.69. The lowest BCUT2D eigenvalue weighted by Gasteiger charge is -2.25. The van der Waals surface area contributed by atoms with E-state index in [1.807, 2.05) is 12.1 Å². The van der Waals surface area contributed by atoms with Crippen molar-refractivity contribution in [2.75, 3.05) is 7.11 Å². The van der Waals surface area contributed by atoms with Gasteiger partial charge in [-0.2, -0.15) is 0 Å². The highest BCUT2D eigenvalue weighted by Gasteiger charge is 2.27. The molecule has 0 aliphatic carbocycles. The molecule has 0 fully saturated rings. The summed E-state index contributed by atoms with van der Waals surface area (Å²) in [6, 6.07) is 16.7. The van der Waals surface area contributed by atoms with E-state index in [0.717, 1.165) is 5.75 Å². The molecule has 0 unspecified atom stereocenters. The first-order chi connectivity index (χ1) is 11.1. The van der Waals surface area contributed by atoms with Gasteiger partial charge in [0.2, 0.25) is 0 Å². The Labute approximate surface area is 137 Å². The van der Waals surface area contributed by atoms with E-state index in [-0.39, 0.29) is 5.41 Å². The van der Waals surface area contributed by atoms with Crippen molar-refractivity contribution in [2.24, 2.45) is 0 Å². The van der Waals surface area contributed by atoms with Crippen molar-refractivity contribution in [1.82, 2.24) is 4.57 Å². The number of aromatic nitrogens is 1. The number of rotatable bonds is 4. The van der Waals surface area contributed by atoms with E-state index in [9.17, 15) is 0 Å². The van der Waals surface area contributed by atoms with E-state index in [4.69, 9.17) is 11.2 Å². The number of benzene rings is 2. The van der Waals surface area contributed by atoms with Crippen molar-refractivity contribution in [3.63, 3.8) is 0 Å². The molecule has 2 nitrogen and oxygen atoms in total. The van der Waals surface area contributed by atoms with Gasteiger partial charge in [-0.3, -0.25) is 0 Å². The maximum atomic E-state index is 5.53. The van der Waals surface area contributed by atoms with Crippen LogP contribution in [0.3, 0.4) is 0 Å². The normalized spacial score (nSPS) is 11.4. The SMILES string of the molecule is C#CCn1cc(C(C)(C)c2ccc(OC)cc2)c2ccccc21. The molecule has 0 saturated carbocycles. The molecular formula is C21H21NO. The van der Waals surface area contributed by atoms with Crippen LogP contribution in [-0.4, -0.2) is 11.7 Å². The standard InChI is InChI=1S/C21H21NO/c1-5-14-22-15-19(18-8-6-7-9-20(18)22)21(2,3)16-10-12-17(23-4)13-11-16/h1,6-13,15H,14H2,2-4H3. The van der Waals surface area contributed by atoms with Crippen molar-refractivity contribution in [3.8, 4) is 18.1 Å². The average Bonchev–Trinajstić information content (AvgIpc) is 2.95. The molecule has 0 aliphatic rings. The van der Waals surface area contributed by atoms with Gasteiger partial charge in [-0.05, 0) is 29.3 Å². The highest BCUT2D eigenvalue weighted by molar-refractivity contribution is 5.85. The van der Waals surface area contributed by atoms with Gasteiger partial charge in [0.05, 0.1) is 13.7 Å². The maximum absolute atomic E-state index is 5.53. The Morgan fingerprint density at radius 1 is 1.09 bits per heavy atom. The molecule has 2 aromatic carbocycles. The molecule has 0 N–H and O–H groups in total. The molecule has 0 aliphatic heterocycles. The van der Waals surface area contributed by atoms with Crippen molar-refractivity contribution in [2.45, 2.75) is 25.8 Å². The van der Waals surface area contributed by atoms with Crippen LogP contribution in [0.5, 0.6) is 5.75 Å². The molecule has 0 bridgehead atoms. The van der Waals surface area contributed by atoms with Crippen LogP contribution in [0.4, 0.5) is 0 Å². The summed E-state index contributed by atoms with van der Waals surface area (Å²) in [6.07, 6.45) is 7.72. The van der Waals surface area contributed by atoms with E-state index in [2.05, 4.69) is 66.9 Å². The second-order valence-corrected chi connectivity index (χ2v) is 6.25. The molecule has 2 heteroatoms. The van der Waals surface area contributed by atoms with Crippen molar-refractivity contribution in [1.29, 1.82) is 0 Å². The molecular weight excluding hydrogens is 282 g/mol.